The number of amides is 2. The molecular weight excluding hydrogens is 453 g/mol. The molecule has 8 nitrogen and oxygen atoms in total. The van der Waals surface area contributed by atoms with E-state index < -0.39 is 6.03 Å². The van der Waals surface area contributed by atoms with Crippen LogP contribution in [-0.2, 0) is 4.74 Å². The lowest BCUT2D eigenvalue weighted by Gasteiger charge is -2.22. The number of urea groups is 1. The normalized spacial score (nSPS) is 13.2. The van der Waals surface area contributed by atoms with Crippen molar-refractivity contribution >= 4 is 51.6 Å². The molecule has 4 rings (SSSR count). The van der Waals surface area contributed by atoms with Crippen molar-refractivity contribution in [3.05, 3.63) is 52.8 Å². The van der Waals surface area contributed by atoms with Gasteiger partial charge in [0.25, 0.3) is 0 Å². The highest BCUT2D eigenvalue weighted by Crippen LogP contribution is 2.30. The lowest BCUT2D eigenvalue weighted by molar-refractivity contribution is 0.0637. The summed E-state index contributed by atoms with van der Waals surface area (Å²) in [6.07, 6.45) is 1.36. The zero-order valence-corrected chi connectivity index (χ0v) is 18.4. The van der Waals surface area contributed by atoms with E-state index in [1.807, 2.05) is 4.90 Å². The molecule has 1 saturated heterocycles. The monoisotopic (exact) mass is 471 g/mol. The maximum atomic E-state index is 12.5. The third-order valence-electron chi connectivity index (χ3n) is 4.60. The molecule has 0 radical (unpaired) electrons. The summed E-state index contributed by atoms with van der Waals surface area (Å²) >= 11 is 12.2. The quantitative estimate of drug-likeness (QED) is 0.552. The second-order valence-electron chi connectivity index (χ2n) is 6.75. The Kier molecular flexibility index (Phi) is 7.12. The molecule has 1 aliphatic heterocycles. The second kappa shape index (κ2) is 10.4. The highest BCUT2D eigenvalue weighted by molar-refractivity contribution is 6.39. The molecule has 32 heavy (non-hydrogen) atoms. The van der Waals surface area contributed by atoms with Crippen molar-refractivity contribution in [3.63, 3.8) is 0 Å². The minimum Gasteiger partial charge on any atom is -0.481 e. The fourth-order valence-electron chi connectivity index (χ4n) is 3.03. The lowest BCUT2D eigenvalue weighted by atomic mass is 10.2. The van der Waals surface area contributed by atoms with Gasteiger partial charge in [-0.25, -0.2) is 14.8 Å². The van der Waals surface area contributed by atoms with Gasteiger partial charge in [-0.3, -0.25) is 5.32 Å². The summed E-state index contributed by atoms with van der Waals surface area (Å²) in [7, 11) is 0. The van der Waals surface area contributed by atoms with E-state index in [1.54, 1.807) is 36.4 Å². The highest BCUT2D eigenvalue weighted by atomic mass is 35.5. The molecule has 0 unspecified atom stereocenters. The standard InChI is InChI=1S/C22H19Cl2N5O3/c23-17-3-1-4-18(24)20(17)27-22(30)28-21-16-6-5-15(13-19(16)25-14-26-21)32-10-2-7-29-8-11-31-12-9-29/h1,3-6,13-14H,8-12H2,(H2,25,26,27,28,30). The van der Waals surface area contributed by atoms with Gasteiger partial charge >= 0.3 is 6.03 Å². The summed E-state index contributed by atoms with van der Waals surface area (Å²) in [6, 6.07) is 12.8. The fraction of sp³-hybridized carbons (Fsp3) is 0.227. The summed E-state index contributed by atoms with van der Waals surface area (Å²) in [6.45, 7) is 3.23. The van der Waals surface area contributed by atoms with E-state index in [0.29, 0.717) is 51.4 Å². The van der Waals surface area contributed by atoms with Crippen LogP contribution in [0.25, 0.3) is 10.9 Å². The van der Waals surface area contributed by atoms with Crippen molar-refractivity contribution in [1.29, 1.82) is 0 Å². The minimum absolute atomic E-state index is 0.250. The van der Waals surface area contributed by atoms with Gasteiger partial charge in [-0.2, -0.15) is 0 Å². The van der Waals surface area contributed by atoms with Crippen molar-refractivity contribution in [3.8, 4) is 17.7 Å². The van der Waals surface area contributed by atoms with Crippen LogP contribution in [-0.4, -0.2) is 53.8 Å². The molecule has 1 fully saturated rings. The van der Waals surface area contributed by atoms with E-state index in [1.165, 1.54) is 6.33 Å². The van der Waals surface area contributed by atoms with Gasteiger partial charge in [-0.15, -0.1) is 0 Å². The summed E-state index contributed by atoms with van der Waals surface area (Å²) in [4.78, 5) is 22.9. The van der Waals surface area contributed by atoms with Crippen LogP contribution in [0.5, 0.6) is 5.75 Å². The SMILES string of the molecule is O=C(Nc1c(Cl)cccc1Cl)Nc1ncnc2cc(OCC#CN3CCOCC3)ccc12. The molecule has 0 aliphatic carbocycles. The number of carbonyl (C=O) groups is 1. The van der Waals surface area contributed by atoms with E-state index in [4.69, 9.17) is 32.7 Å². The predicted octanol–water partition coefficient (Wildman–Crippen LogP) is 4.25. The molecule has 1 aromatic heterocycles. The van der Waals surface area contributed by atoms with Gasteiger partial charge in [0, 0.05) is 30.6 Å². The number of para-hydroxylation sites is 1. The van der Waals surface area contributed by atoms with E-state index in [2.05, 4.69) is 32.6 Å². The number of hydrogen-bond acceptors (Lipinski definition) is 6. The van der Waals surface area contributed by atoms with Gasteiger partial charge in [0.05, 0.1) is 34.5 Å². The van der Waals surface area contributed by atoms with Crippen LogP contribution in [0.4, 0.5) is 16.3 Å². The molecular formula is C22H19Cl2N5O3. The summed E-state index contributed by atoms with van der Waals surface area (Å²) in [5.41, 5.74) is 0.935. The molecule has 2 heterocycles. The molecule has 164 valence electrons. The average Bonchev–Trinajstić information content (AvgIpc) is 2.80. The van der Waals surface area contributed by atoms with Crippen LogP contribution in [0.15, 0.2) is 42.7 Å². The number of fused-ring (bicyclic) bond motifs is 1. The number of nitrogens with zero attached hydrogens (tertiary/aromatic N) is 3. The summed E-state index contributed by atoms with van der Waals surface area (Å²) in [5.74, 6) is 3.96. The number of ether oxygens (including phenoxy) is 2. The van der Waals surface area contributed by atoms with Crippen LogP contribution in [0.2, 0.25) is 10.0 Å². The number of aromatic nitrogens is 2. The minimum atomic E-state index is -0.529. The van der Waals surface area contributed by atoms with Gasteiger partial charge < -0.3 is 19.7 Å². The number of nitrogens with one attached hydrogen (secondary N) is 2. The van der Waals surface area contributed by atoms with Crippen molar-refractivity contribution in [2.45, 2.75) is 0 Å². The highest BCUT2D eigenvalue weighted by Gasteiger charge is 2.12. The van der Waals surface area contributed by atoms with E-state index in [0.717, 1.165) is 13.1 Å². The van der Waals surface area contributed by atoms with Gasteiger partial charge in [0.15, 0.2) is 6.61 Å². The maximum Gasteiger partial charge on any atom is 0.324 e. The molecule has 2 aromatic carbocycles. The first-order valence-corrected chi connectivity index (χ1v) is 10.6. The number of benzene rings is 2. The lowest BCUT2D eigenvalue weighted by Crippen LogP contribution is -2.32. The number of anilines is 2. The van der Waals surface area contributed by atoms with Crippen molar-refractivity contribution in [2.75, 3.05) is 43.5 Å². The Morgan fingerprint density at radius 3 is 2.69 bits per heavy atom. The van der Waals surface area contributed by atoms with Crippen molar-refractivity contribution in [2.24, 2.45) is 0 Å². The fourth-order valence-corrected chi connectivity index (χ4v) is 3.53. The van der Waals surface area contributed by atoms with Crippen LogP contribution in [0, 0.1) is 12.0 Å². The molecule has 2 amide bonds. The number of morpholine rings is 1. The Hall–Kier alpha value is -3.25. The summed E-state index contributed by atoms with van der Waals surface area (Å²) < 4.78 is 11.0. The van der Waals surface area contributed by atoms with Crippen LogP contribution in [0.3, 0.4) is 0 Å². The Labute approximate surface area is 194 Å². The van der Waals surface area contributed by atoms with Crippen LogP contribution < -0.4 is 15.4 Å². The third kappa shape index (κ3) is 5.51. The largest absolute Gasteiger partial charge is 0.481 e. The zero-order valence-electron chi connectivity index (χ0n) is 16.9. The van der Waals surface area contributed by atoms with Gasteiger partial charge in [-0.1, -0.05) is 29.3 Å². The van der Waals surface area contributed by atoms with Gasteiger partial charge in [-0.05, 0) is 30.2 Å². The number of halogens is 2. The molecule has 3 aromatic rings. The molecule has 0 saturated carbocycles. The predicted molar refractivity (Wildman–Crippen MR) is 124 cm³/mol. The molecule has 0 atom stereocenters. The summed E-state index contributed by atoms with van der Waals surface area (Å²) in [5, 5.41) is 6.65. The third-order valence-corrected chi connectivity index (χ3v) is 5.23. The average molecular weight is 472 g/mol. The first-order chi connectivity index (χ1) is 15.6. The Balaban J connectivity index is 1.41. The van der Waals surface area contributed by atoms with Gasteiger partial charge in [0.1, 0.15) is 17.9 Å². The van der Waals surface area contributed by atoms with E-state index in [-0.39, 0.29) is 6.61 Å². The Morgan fingerprint density at radius 2 is 1.91 bits per heavy atom. The van der Waals surface area contributed by atoms with Gasteiger partial charge in [0.2, 0.25) is 0 Å². The van der Waals surface area contributed by atoms with Crippen LogP contribution >= 0.6 is 23.2 Å². The molecule has 2 N–H and O–H groups in total. The topological polar surface area (TPSA) is 88.6 Å². The van der Waals surface area contributed by atoms with Crippen molar-refractivity contribution < 1.29 is 14.3 Å². The zero-order chi connectivity index (χ0) is 22.3. The Morgan fingerprint density at radius 1 is 1.12 bits per heavy atom. The smallest absolute Gasteiger partial charge is 0.324 e. The maximum absolute atomic E-state index is 12.5. The first kappa shape index (κ1) is 22.0. The molecule has 0 bridgehead atoms. The van der Waals surface area contributed by atoms with Crippen LogP contribution in [0.1, 0.15) is 0 Å². The number of carbonyl (C=O) groups excluding carboxylic acids is 1. The second-order valence-corrected chi connectivity index (χ2v) is 7.57. The first-order valence-electron chi connectivity index (χ1n) is 9.81. The molecule has 0 spiro atoms. The van der Waals surface area contributed by atoms with Crippen molar-refractivity contribution in [1.82, 2.24) is 14.9 Å². The molecule has 1 aliphatic rings. The van der Waals surface area contributed by atoms with E-state index in [9.17, 15) is 4.79 Å². The Bertz CT molecular complexity index is 1170. The molecule has 10 heteroatoms. The number of rotatable bonds is 4. The van der Waals surface area contributed by atoms with E-state index >= 15 is 0 Å². The number of hydrogen-bond donors (Lipinski definition) is 2.